The minimum absolute atomic E-state index is 0.178. The van der Waals surface area contributed by atoms with Crippen LogP contribution in [0.15, 0.2) is 36.4 Å². The van der Waals surface area contributed by atoms with Crippen LogP contribution in [0.4, 0.5) is 5.82 Å². The number of aromatic nitrogens is 1. The zero-order valence-corrected chi connectivity index (χ0v) is 13.5. The summed E-state index contributed by atoms with van der Waals surface area (Å²) >= 11 is 0. The molecule has 0 aliphatic heterocycles. The van der Waals surface area contributed by atoms with E-state index in [4.69, 9.17) is 4.74 Å². The first-order valence-electron chi connectivity index (χ1n) is 7.28. The lowest BCUT2D eigenvalue weighted by atomic mass is 10.1. The molecule has 2 rings (SSSR count). The summed E-state index contributed by atoms with van der Waals surface area (Å²) in [5, 5.41) is 12.4. The fourth-order valence-corrected chi connectivity index (χ4v) is 2.15. The molecule has 0 aliphatic rings. The molecule has 0 radical (unpaired) electrons. The topological polar surface area (TPSA) is 74.7 Å². The Morgan fingerprint density at radius 3 is 2.74 bits per heavy atom. The van der Waals surface area contributed by atoms with Gasteiger partial charge in [-0.05, 0) is 24.3 Å². The molecular formula is C17H21N3O3. The van der Waals surface area contributed by atoms with E-state index in [0.29, 0.717) is 30.2 Å². The average Bonchev–Trinajstić information content (AvgIpc) is 2.54. The standard InChI is InChI=1S/C17H21N3O3/c1-20(2)16-14(17(22)18-9-10-23-3)7-8-15(19-16)12-5-4-6-13(21)11-12/h4-8,11,21H,9-10H2,1-3H3,(H,18,22). The molecule has 0 aliphatic carbocycles. The largest absolute Gasteiger partial charge is 0.508 e. The van der Waals surface area contributed by atoms with Gasteiger partial charge < -0.3 is 20.1 Å². The highest BCUT2D eigenvalue weighted by Gasteiger charge is 2.15. The quantitative estimate of drug-likeness (QED) is 0.796. The second-order valence-electron chi connectivity index (χ2n) is 5.26. The second-order valence-corrected chi connectivity index (χ2v) is 5.26. The lowest BCUT2D eigenvalue weighted by Gasteiger charge is -2.17. The molecule has 6 nitrogen and oxygen atoms in total. The normalized spacial score (nSPS) is 10.4. The molecule has 2 aromatic rings. The van der Waals surface area contributed by atoms with Gasteiger partial charge in [-0.1, -0.05) is 12.1 Å². The minimum Gasteiger partial charge on any atom is -0.508 e. The number of nitrogens with one attached hydrogen (secondary N) is 1. The molecular weight excluding hydrogens is 294 g/mol. The summed E-state index contributed by atoms with van der Waals surface area (Å²) in [6, 6.07) is 10.4. The number of hydrogen-bond acceptors (Lipinski definition) is 5. The van der Waals surface area contributed by atoms with Crippen molar-refractivity contribution in [2.45, 2.75) is 0 Å². The zero-order valence-electron chi connectivity index (χ0n) is 13.5. The van der Waals surface area contributed by atoms with Gasteiger partial charge in [0.2, 0.25) is 0 Å². The van der Waals surface area contributed by atoms with Gasteiger partial charge in [-0.3, -0.25) is 4.79 Å². The number of carbonyl (C=O) groups is 1. The third kappa shape index (κ3) is 4.20. The molecule has 0 bridgehead atoms. The Balaban J connectivity index is 2.33. The average molecular weight is 315 g/mol. The number of phenols is 1. The number of amides is 1. The van der Waals surface area contributed by atoms with Gasteiger partial charge >= 0.3 is 0 Å². The Morgan fingerprint density at radius 2 is 2.09 bits per heavy atom. The fraction of sp³-hybridized carbons (Fsp3) is 0.294. The number of hydrogen-bond donors (Lipinski definition) is 2. The summed E-state index contributed by atoms with van der Waals surface area (Å²) in [6.45, 7) is 0.897. The van der Waals surface area contributed by atoms with Crippen LogP contribution in [0.5, 0.6) is 5.75 Å². The molecule has 0 saturated heterocycles. The van der Waals surface area contributed by atoms with Crippen LogP contribution in [0.25, 0.3) is 11.3 Å². The van der Waals surface area contributed by atoms with Gasteiger partial charge in [0.1, 0.15) is 11.6 Å². The van der Waals surface area contributed by atoms with Crippen molar-refractivity contribution < 1.29 is 14.6 Å². The number of ether oxygens (including phenoxy) is 1. The van der Waals surface area contributed by atoms with E-state index in [9.17, 15) is 9.90 Å². The van der Waals surface area contributed by atoms with Crippen molar-refractivity contribution in [2.75, 3.05) is 39.3 Å². The number of carbonyl (C=O) groups excluding carboxylic acids is 1. The third-order valence-electron chi connectivity index (χ3n) is 3.28. The molecule has 0 unspecified atom stereocenters. The summed E-state index contributed by atoms with van der Waals surface area (Å²) in [6.07, 6.45) is 0. The van der Waals surface area contributed by atoms with Crippen LogP contribution < -0.4 is 10.2 Å². The van der Waals surface area contributed by atoms with Crippen LogP contribution in [0, 0.1) is 0 Å². The summed E-state index contributed by atoms with van der Waals surface area (Å²) in [7, 11) is 5.25. The molecule has 6 heteroatoms. The zero-order chi connectivity index (χ0) is 16.8. The predicted octanol–water partition coefficient (Wildman–Crippen LogP) is 1.90. The van der Waals surface area contributed by atoms with Crippen LogP contribution in [0.1, 0.15) is 10.4 Å². The summed E-state index contributed by atoms with van der Waals surface area (Å²) in [4.78, 5) is 18.6. The van der Waals surface area contributed by atoms with Gasteiger partial charge in [0.25, 0.3) is 5.91 Å². The van der Waals surface area contributed by atoms with E-state index in [0.717, 1.165) is 5.56 Å². The van der Waals surface area contributed by atoms with Crippen LogP contribution in [-0.2, 0) is 4.74 Å². The molecule has 1 aromatic heterocycles. The van der Waals surface area contributed by atoms with Gasteiger partial charge in [-0.2, -0.15) is 0 Å². The molecule has 1 aromatic carbocycles. The molecule has 0 fully saturated rings. The van der Waals surface area contributed by atoms with Crippen molar-refractivity contribution in [2.24, 2.45) is 0 Å². The number of pyridine rings is 1. The number of rotatable bonds is 6. The summed E-state index contributed by atoms with van der Waals surface area (Å²) < 4.78 is 4.93. The Labute approximate surface area is 135 Å². The number of methoxy groups -OCH3 is 1. The van der Waals surface area contributed by atoms with Crippen LogP contribution in [0.2, 0.25) is 0 Å². The van der Waals surface area contributed by atoms with Gasteiger partial charge in [-0.15, -0.1) is 0 Å². The molecule has 2 N–H and O–H groups in total. The SMILES string of the molecule is COCCNC(=O)c1ccc(-c2cccc(O)c2)nc1N(C)C. The molecule has 23 heavy (non-hydrogen) atoms. The summed E-state index contributed by atoms with van der Waals surface area (Å²) in [5.74, 6) is 0.554. The molecule has 0 atom stereocenters. The van der Waals surface area contributed by atoms with Crippen molar-refractivity contribution in [3.05, 3.63) is 42.0 Å². The van der Waals surface area contributed by atoms with Crippen molar-refractivity contribution in [1.82, 2.24) is 10.3 Å². The van der Waals surface area contributed by atoms with Crippen LogP contribution in [0.3, 0.4) is 0 Å². The predicted molar refractivity (Wildman–Crippen MR) is 89.9 cm³/mol. The van der Waals surface area contributed by atoms with Crippen LogP contribution in [-0.4, -0.2) is 50.4 Å². The first-order valence-corrected chi connectivity index (χ1v) is 7.28. The van der Waals surface area contributed by atoms with Crippen LogP contribution >= 0.6 is 0 Å². The fourth-order valence-electron chi connectivity index (χ4n) is 2.15. The summed E-state index contributed by atoms with van der Waals surface area (Å²) in [5.41, 5.74) is 1.98. The lowest BCUT2D eigenvalue weighted by molar-refractivity contribution is 0.0937. The molecule has 1 heterocycles. The highest BCUT2D eigenvalue weighted by atomic mass is 16.5. The smallest absolute Gasteiger partial charge is 0.255 e. The monoisotopic (exact) mass is 315 g/mol. The number of aromatic hydroxyl groups is 1. The Morgan fingerprint density at radius 1 is 1.30 bits per heavy atom. The molecule has 0 saturated carbocycles. The van der Waals surface area contributed by atoms with Crippen molar-refractivity contribution >= 4 is 11.7 Å². The molecule has 0 spiro atoms. The second kappa shape index (κ2) is 7.60. The Bertz CT molecular complexity index is 687. The van der Waals surface area contributed by atoms with E-state index in [2.05, 4.69) is 10.3 Å². The highest BCUT2D eigenvalue weighted by molar-refractivity contribution is 5.99. The third-order valence-corrected chi connectivity index (χ3v) is 3.28. The number of phenolic OH excluding ortho intramolecular Hbond substituents is 1. The van der Waals surface area contributed by atoms with Gasteiger partial charge in [0, 0.05) is 33.3 Å². The Hall–Kier alpha value is -2.60. The first kappa shape index (κ1) is 16.8. The number of anilines is 1. The van der Waals surface area contributed by atoms with Crippen molar-refractivity contribution in [3.8, 4) is 17.0 Å². The van der Waals surface area contributed by atoms with E-state index < -0.39 is 0 Å². The van der Waals surface area contributed by atoms with E-state index in [1.807, 2.05) is 20.2 Å². The maximum absolute atomic E-state index is 12.3. The van der Waals surface area contributed by atoms with Gasteiger partial charge in [-0.25, -0.2) is 4.98 Å². The molecule has 122 valence electrons. The van der Waals surface area contributed by atoms with E-state index in [1.165, 1.54) is 0 Å². The maximum Gasteiger partial charge on any atom is 0.255 e. The van der Waals surface area contributed by atoms with Crippen molar-refractivity contribution in [1.29, 1.82) is 0 Å². The minimum atomic E-state index is -0.194. The van der Waals surface area contributed by atoms with Gasteiger partial charge in [0.05, 0.1) is 17.9 Å². The van der Waals surface area contributed by atoms with Crippen molar-refractivity contribution in [3.63, 3.8) is 0 Å². The number of nitrogens with zero attached hydrogens (tertiary/aromatic N) is 2. The highest BCUT2D eigenvalue weighted by Crippen LogP contribution is 2.25. The van der Waals surface area contributed by atoms with E-state index in [1.54, 1.807) is 42.3 Å². The van der Waals surface area contributed by atoms with E-state index in [-0.39, 0.29) is 11.7 Å². The Kier molecular flexibility index (Phi) is 5.54. The maximum atomic E-state index is 12.3. The first-order chi connectivity index (χ1) is 11.0. The number of benzene rings is 1. The lowest BCUT2D eigenvalue weighted by Crippen LogP contribution is -2.29. The molecule has 1 amide bonds. The van der Waals surface area contributed by atoms with E-state index >= 15 is 0 Å². The van der Waals surface area contributed by atoms with Gasteiger partial charge in [0.15, 0.2) is 0 Å².